The van der Waals surface area contributed by atoms with Gasteiger partial charge in [-0.25, -0.2) is 4.79 Å². The number of carbonyl (C=O) groups excluding carboxylic acids is 3. The van der Waals surface area contributed by atoms with Crippen LogP contribution < -0.4 is 20.4 Å². The number of furan rings is 1. The van der Waals surface area contributed by atoms with Crippen LogP contribution in [0.3, 0.4) is 0 Å². The molecule has 0 bridgehead atoms. The highest BCUT2D eigenvalue weighted by molar-refractivity contribution is 6.05. The Morgan fingerprint density at radius 2 is 1.48 bits per heavy atom. The zero-order valence-electron chi connectivity index (χ0n) is 27.6. The summed E-state index contributed by atoms with van der Waals surface area (Å²) in [6.45, 7) is 16.4. The van der Waals surface area contributed by atoms with Crippen molar-refractivity contribution in [1.29, 1.82) is 0 Å². The lowest BCUT2D eigenvalue weighted by atomic mass is 10.1. The van der Waals surface area contributed by atoms with Gasteiger partial charge in [-0.05, 0) is 76.6 Å². The first-order valence-electron chi connectivity index (χ1n) is 16.0. The number of rotatable bonds is 8. The van der Waals surface area contributed by atoms with Crippen LogP contribution in [0.2, 0.25) is 0 Å². The van der Waals surface area contributed by atoms with Gasteiger partial charge < -0.3 is 34.5 Å². The van der Waals surface area contributed by atoms with Gasteiger partial charge in [0.1, 0.15) is 11.4 Å². The molecule has 2 aromatic carbocycles. The quantitative estimate of drug-likeness (QED) is 0.367. The van der Waals surface area contributed by atoms with Gasteiger partial charge in [0.15, 0.2) is 5.76 Å². The predicted molar refractivity (Wildman–Crippen MR) is 180 cm³/mol. The largest absolute Gasteiger partial charge is 0.456 e. The lowest BCUT2D eigenvalue weighted by Crippen LogP contribution is -2.51. The Morgan fingerprint density at radius 1 is 0.804 bits per heavy atom. The summed E-state index contributed by atoms with van der Waals surface area (Å²) >= 11 is 0. The van der Waals surface area contributed by atoms with Crippen LogP contribution in [0.5, 0.6) is 0 Å². The Balaban J connectivity index is 1.21. The Hall–Kier alpha value is -4.51. The van der Waals surface area contributed by atoms with Crippen LogP contribution in [-0.4, -0.2) is 98.8 Å². The number of hydrogen-bond donors (Lipinski definition) is 2. The summed E-state index contributed by atoms with van der Waals surface area (Å²) < 4.78 is 11.0. The van der Waals surface area contributed by atoms with E-state index in [0.29, 0.717) is 56.3 Å². The maximum absolute atomic E-state index is 13.2. The lowest BCUT2D eigenvalue weighted by molar-refractivity contribution is 0.0147. The second-order valence-corrected chi connectivity index (χ2v) is 12.9. The molecule has 11 nitrogen and oxygen atoms in total. The van der Waals surface area contributed by atoms with Crippen molar-refractivity contribution in [1.82, 2.24) is 15.1 Å². The zero-order valence-corrected chi connectivity index (χ0v) is 27.6. The van der Waals surface area contributed by atoms with Gasteiger partial charge in [-0.1, -0.05) is 18.2 Å². The molecule has 2 fully saturated rings. The number of amides is 3. The first-order chi connectivity index (χ1) is 22.0. The molecule has 246 valence electrons. The molecule has 0 aliphatic carbocycles. The number of nitrogens with one attached hydrogen (secondary N) is 2. The molecule has 3 amide bonds. The molecule has 2 aliphatic heterocycles. The van der Waals surface area contributed by atoms with Gasteiger partial charge in [-0.3, -0.25) is 14.5 Å². The van der Waals surface area contributed by atoms with E-state index >= 15 is 0 Å². The van der Waals surface area contributed by atoms with E-state index < -0.39 is 5.60 Å². The summed E-state index contributed by atoms with van der Waals surface area (Å²) in [4.78, 5) is 47.3. The van der Waals surface area contributed by atoms with E-state index in [1.807, 2.05) is 32.9 Å². The molecule has 2 aliphatic rings. The van der Waals surface area contributed by atoms with E-state index in [9.17, 15) is 14.4 Å². The standard InChI is InChI=1S/C35H46N6O5/c1-25-8-6-7-9-29(25)39-20-22-40(23-21-39)30-12-11-27(24-28(30)37-33(43)31-13-10-26(2)45-31)32(42)36-14-15-38-16-18-41(19-17-38)34(44)46-35(3,4)5/h6-13,24H,14-23H2,1-5H3,(H,36,42)(H,37,43). The van der Waals surface area contributed by atoms with Crippen LogP contribution >= 0.6 is 0 Å². The Kier molecular flexibility index (Phi) is 10.2. The summed E-state index contributed by atoms with van der Waals surface area (Å²) in [7, 11) is 0. The Bertz CT molecular complexity index is 1530. The molecular formula is C35H46N6O5. The van der Waals surface area contributed by atoms with Crippen molar-refractivity contribution in [3.8, 4) is 0 Å². The number of piperazine rings is 2. The Labute approximate surface area is 271 Å². The molecule has 2 N–H and O–H groups in total. The normalized spacial score (nSPS) is 15.9. The minimum atomic E-state index is -0.520. The maximum atomic E-state index is 13.2. The topological polar surface area (TPSA) is 111 Å². The average Bonchev–Trinajstić information content (AvgIpc) is 3.47. The van der Waals surface area contributed by atoms with Crippen molar-refractivity contribution < 1.29 is 23.5 Å². The molecule has 0 saturated carbocycles. The number of carbonyl (C=O) groups is 3. The number of anilines is 3. The van der Waals surface area contributed by atoms with Gasteiger partial charge in [0.2, 0.25) is 0 Å². The average molecular weight is 631 g/mol. The fourth-order valence-electron chi connectivity index (χ4n) is 5.81. The molecule has 2 saturated heterocycles. The molecule has 0 unspecified atom stereocenters. The molecule has 1 aromatic heterocycles. The number of ether oxygens (including phenoxy) is 1. The van der Waals surface area contributed by atoms with Crippen LogP contribution in [0.25, 0.3) is 0 Å². The van der Waals surface area contributed by atoms with Gasteiger partial charge >= 0.3 is 6.09 Å². The van der Waals surface area contributed by atoms with Crippen molar-refractivity contribution in [2.45, 2.75) is 40.2 Å². The SMILES string of the molecule is Cc1ccc(C(=O)Nc2cc(C(=O)NCCN3CCN(C(=O)OC(C)(C)C)CC3)ccc2N2CCN(c3ccccc3C)CC2)o1. The van der Waals surface area contributed by atoms with E-state index in [0.717, 1.165) is 31.9 Å². The molecule has 0 atom stereocenters. The first kappa shape index (κ1) is 32.9. The number of benzene rings is 2. The van der Waals surface area contributed by atoms with Gasteiger partial charge in [0.25, 0.3) is 11.8 Å². The summed E-state index contributed by atoms with van der Waals surface area (Å²) in [5.41, 5.74) is 3.85. The second-order valence-electron chi connectivity index (χ2n) is 12.9. The van der Waals surface area contributed by atoms with Crippen LogP contribution in [-0.2, 0) is 4.74 Å². The van der Waals surface area contributed by atoms with E-state index in [1.165, 1.54) is 11.3 Å². The molecule has 46 heavy (non-hydrogen) atoms. The highest BCUT2D eigenvalue weighted by Gasteiger charge is 2.26. The van der Waals surface area contributed by atoms with Crippen LogP contribution in [0, 0.1) is 13.8 Å². The second kappa shape index (κ2) is 14.3. The summed E-state index contributed by atoms with van der Waals surface area (Å²) in [6, 6.07) is 17.3. The predicted octanol–water partition coefficient (Wildman–Crippen LogP) is 4.76. The van der Waals surface area contributed by atoms with Crippen LogP contribution in [0.4, 0.5) is 21.9 Å². The molecule has 0 radical (unpaired) electrons. The third kappa shape index (κ3) is 8.39. The number of para-hydroxylation sites is 1. The zero-order chi connectivity index (χ0) is 32.8. The maximum Gasteiger partial charge on any atom is 0.410 e. The van der Waals surface area contributed by atoms with E-state index in [4.69, 9.17) is 9.15 Å². The van der Waals surface area contributed by atoms with Gasteiger partial charge in [-0.2, -0.15) is 0 Å². The van der Waals surface area contributed by atoms with E-state index in [-0.39, 0.29) is 23.7 Å². The van der Waals surface area contributed by atoms with Crippen LogP contribution in [0.1, 0.15) is 53.0 Å². The van der Waals surface area contributed by atoms with Crippen molar-refractivity contribution in [3.63, 3.8) is 0 Å². The highest BCUT2D eigenvalue weighted by Crippen LogP contribution is 2.30. The fourth-order valence-corrected chi connectivity index (χ4v) is 5.81. The summed E-state index contributed by atoms with van der Waals surface area (Å²) in [6.07, 6.45) is -0.290. The molecule has 3 aromatic rings. The fraction of sp³-hybridized carbons (Fsp3) is 0.457. The number of nitrogens with zero attached hydrogens (tertiary/aromatic N) is 4. The summed E-state index contributed by atoms with van der Waals surface area (Å²) in [5.74, 6) is 0.287. The monoisotopic (exact) mass is 630 g/mol. The first-order valence-corrected chi connectivity index (χ1v) is 16.0. The molecule has 0 spiro atoms. The van der Waals surface area contributed by atoms with E-state index in [2.05, 4.69) is 56.5 Å². The highest BCUT2D eigenvalue weighted by atomic mass is 16.6. The van der Waals surface area contributed by atoms with Crippen LogP contribution in [0.15, 0.2) is 59.0 Å². The minimum Gasteiger partial charge on any atom is -0.456 e. The molecule has 11 heteroatoms. The van der Waals surface area contributed by atoms with Crippen molar-refractivity contribution in [2.24, 2.45) is 0 Å². The van der Waals surface area contributed by atoms with Gasteiger partial charge in [0.05, 0.1) is 11.4 Å². The molecule has 3 heterocycles. The van der Waals surface area contributed by atoms with Crippen molar-refractivity contribution in [2.75, 3.05) is 80.6 Å². The third-order valence-corrected chi connectivity index (χ3v) is 8.29. The third-order valence-electron chi connectivity index (χ3n) is 8.29. The minimum absolute atomic E-state index is 0.215. The molecule has 5 rings (SSSR count). The van der Waals surface area contributed by atoms with E-state index in [1.54, 1.807) is 30.0 Å². The number of aryl methyl sites for hydroxylation is 2. The molecular weight excluding hydrogens is 584 g/mol. The smallest absolute Gasteiger partial charge is 0.410 e. The van der Waals surface area contributed by atoms with Gasteiger partial charge in [-0.15, -0.1) is 0 Å². The van der Waals surface area contributed by atoms with Crippen molar-refractivity contribution in [3.05, 3.63) is 77.2 Å². The summed E-state index contributed by atoms with van der Waals surface area (Å²) in [5, 5.41) is 6.02. The van der Waals surface area contributed by atoms with Crippen molar-refractivity contribution >= 4 is 35.0 Å². The lowest BCUT2D eigenvalue weighted by Gasteiger charge is -2.38. The Morgan fingerprint density at radius 3 is 2.11 bits per heavy atom. The number of hydrogen-bond acceptors (Lipinski definition) is 8. The van der Waals surface area contributed by atoms with Gasteiger partial charge in [0, 0.05) is 76.7 Å².